The molecule has 2 aromatic rings. The zero-order chi connectivity index (χ0) is 20.9. The van der Waals surface area contributed by atoms with Crippen LogP contribution in [-0.2, 0) is 19.4 Å². The number of aliphatic carboxylic acids is 1. The lowest BCUT2D eigenvalue weighted by atomic mass is 9.95. The van der Waals surface area contributed by atoms with Gasteiger partial charge in [-0.1, -0.05) is 26.2 Å². The van der Waals surface area contributed by atoms with Crippen LogP contribution in [0.15, 0.2) is 36.4 Å². The van der Waals surface area contributed by atoms with Crippen LogP contribution in [0.5, 0.6) is 5.75 Å². The Bertz CT molecular complexity index is 930. The number of sulfone groups is 1. The molecule has 0 radical (unpaired) electrons. The summed E-state index contributed by atoms with van der Waals surface area (Å²) in [6, 6.07) is 11.5. The van der Waals surface area contributed by atoms with Crippen molar-refractivity contribution in [1.82, 2.24) is 0 Å². The summed E-state index contributed by atoms with van der Waals surface area (Å²) in [6.45, 7) is 2.86. The van der Waals surface area contributed by atoms with Crippen LogP contribution >= 0.6 is 11.3 Å². The van der Waals surface area contributed by atoms with Gasteiger partial charge in [-0.15, -0.1) is 11.3 Å². The van der Waals surface area contributed by atoms with E-state index in [2.05, 4.69) is 6.92 Å². The molecule has 1 aromatic carbocycles. The molecule has 1 aliphatic heterocycles. The first-order valence-electron chi connectivity index (χ1n) is 10.2. The number of benzene rings is 1. The standard InChI is InChI=1S/C22H28O5S2/c1-2-3-5-14-27-18-9-7-17(8-10-18)19-11-12-20(28-19)22(16-21(23)24)13-4-6-15-29(22,25)26/h7-12H,2-6,13-16H2,1H3,(H,23,24)/t22-/m0/s1. The first kappa shape index (κ1) is 21.8. The fraction of sp³-hybridized carbons (Fsp3) is 0.500. The van der Waals surface area contributed by atoms with Gasteiger partial charge >= 0.3 is 5.97 Å². The average Bonchev–Trinajstić information content (AvgIpc) is 3.18. The van der Waals surface area contributed by atoms with Gasteiger partial charge in [0.1, 0.15) is 10.5 Å². The normalized spacial score (nSPS) is 21.0. The van der Waals surface area contributed by atoms with E-state index < -0.39 is 20.6 Å². The number of rotatable bonds is 9. The lowest BCUT2D eigenvalue weighted by molar-refractivity contribution is -0.137. The quantitative estimate of drug-likeness (QED) is 0.543. The third-order valence-electron chi connectivity index (χ3n) is 5.49. The minimum Gasteiger partial charge on any atom is -0.494 e. The molecule has 3 rings (SSSR count). The van der Waals surface area contributed by atoms with Gasteiger partial charge in [0.15, 0.2) is 9.84 Å². The number of thiophene rings is 1. The van der Waals surface area contributed by atoms with E-state index in [0.717, 1.165) is 41.9 Å². The Balaban J connectivity index is 1.82. The van der Waals surface area contributed by atoms with Gasteiger partial charge in [0.2, 0.25) is 0 Å². The molecule has 1 aromatic heterocycles. The van der Waals surface area contributed by atoms with E-state index in [4.69, 9.17) is 4.74 Å². The Morgan fingerprint density at radius 3 is 2.55 bits per heavy atom. The van der Waals surface area contributed by atoms with Crippen LogP contribution in [0.3, 0.4) is 0 Å². The lowest BCUT2D eigenvalue weighted by Gasteiger charge is -2.34. The predicted molar refractivity (Wildman–Crippen MR) is 116 cm³/mol. The van der Waals surface area contributed by atoms with E-state index >= 15 is 0 Å². The van der Waals surface area contributed by atoms with Crippen molar-refractivity contribution >= 4 is 27.1 Å². The van der Waals surface area contributed by atoms with Gasteiger partial charge in [0.05, 0.1) is 18.8 Å². The Morgan fingerprint density at radius 2 is 1.90 bits per heavy atom. The van der Waals surface area contributed by atoms with E-state index in [1.807, 2.05) is 30.3 Å². The molecule has 29 heavy (non-hydrogen) atoms. The number of hydrogen-bond acceptors (Lipinski definition) is 5. The van der Waals surface area contributed by atoms with E-state index in [-0.39, 0.29) is 12.2 Å². The molecular weight excluding hydrogens is 408 g/mol. The molecule has 0 spiro atoms. The summed E-state index contributed by atoms with van der Waals surface area (Å²) < 4.78 is 30.2. The molecule has 1 saturated heterocycles. The lowest BCUT2D eigenvalue weighted by Crippen LogP contribution is -2.41. The molecule has 1 atom stereocenters. The van der Waals surface area contributed by atoms with Gasteiger partial charge in [-0.25, -0.2) is 8.42 Å². The van der Waals surface area contributed by atoms with Crippen molar-refractivity contribution in [1.29, 1.82) is 0 Å². The summed E-state index contributed by atoms with van der Waals surface area (Å²) >= 11 is 1.38. The summed E-state index contributed by atoms with van der Waals surface area (Å²) in [5.74, 6) is -0.203. The van der Waals surface area contributed by atoms with Crippen LogP contribution < -0.4 is 4.74 Å². The number of ether oxygens (including phenoxy) is 1. The average molecular weight is 437 g/mol. The molecule has 7 heteroatoms. The summed E-state index contributed by atoms with van der Waals surface area (Å²) in [6.07, 6.45) is 4.66. The van der Waals surface area contributed by atoms with Crippen LogP contribution in [0.1, 0.15) is 56.7 Å². The number of carbonyl (C=O) groups is 1. The van der Waals surface area contributed by atoms with Gasteiger partial charge < -0.3 is 9.84 Å². The Kier molecular flexibility index (Phi) is 7.01. The van der Waals surface area contributed by atoms with Gasteiger partial charge in [-0.2, -0.15) is 0 Å². The van der Waals surface area contributed by atoms with Crippen molar-refractivity contribution in [2.24, 2.45) is 0 Å². The Hall–Kier alpha value is -1.86. The smallest absolute Gasteiger partial charge is 0.305 e. The fourth-order valence-electron chi connectivity index (χ4n) is 3.86. The van der Waals surface area contributed by atoms with Crippen molar-refractivity contribution in [3.8, 4) is 16.2 Å². The maximum absolute atomic E-state index is 12.9. The maximum atomic E-state index is 12.9. The first-order chi connectivity index (χ1) is 13.9. The maximum Gasteiger partial charge on any atom is 0.305 e. The summed E-state index contributed by atoms with van der Waals surface area (Å²) in [5.41, 5.74) is 0.973. The highest BCUT2D eigenvalue weighted by Crippen LogP contribution is 2.47. The Labute approximate surface area is 176 Å². The molecule has 1 fully saturated rings. The summed E-state index contributed by atoms with van der Waals surface area (Å²) in [5, 5.41) is 9.41. The van der Waals surface area contributed by atoms with Gasteiger partial charge in [-0.3, -0.25) is 4.79 Å². The van der Waals surface area contributed by atoms with Crippen LogP contribution in [0.25, 0.3) is 10.4 Å². The van der Waals surface area contributed by atoms with Crippen molar-refractivity contribution in [3.05, 3.63) is 41.3 Å². The van der Waals surface area contributed by atoms with E-state index in [0.29, 0.717) is 24.3 Å². The predicted octanol–water partition coefficient (Wildman–Crippen LogP) is 5.25. The fourth-order valence-corrected chi connectivity index (χ4v) is 7.63. The molecular formula is C22H28O5S2. The molecule has 5 nitrogen and oxygen atoms in total. The van der Waals surface area contributed by atoms with Gasteiger partial charge in [0, 0.05) is 9.75 Å². The van der Waals surface area contributed by atoms with Crippen molar-refractivity contribution in [2.75, 3.05) is 12.4 Å². The topological polar surface area (TPSA) is 80.7 Å². The number of unbranched alkanes of at least 4 members (excludes halogenated alkanes) is 2. The van der Waals surface area contributed by atoms with Crippen molar-refractivity contribution in [3.63, 3.8) is 0 Å². The molecule has 0 saturated carbocycles. The molecule has 0 aliphatic carbocycles. The third-order valence-corrected chi connectivity index (χ3v) is 9.54. The van der Waals surface area contributed by atoms with Gasteiger partial charge in [-0.05, 0) is 61.2 Å². The molecule has 2 heterocycles. The molecule has 1 aliphatic rings. The highest BCUT2D eigenvalue weighted by Gasteiger charge is 2.49. The highest BCUT2D eigenvalue weighted by molar-refractivity contribution is 7.92. The number of carboxylic acids is 1. The van der Waals surface area contributed by atoms with Gasteiger partial charge in [0.25, 0.3) is 0 Å². The highest BCUT2D eigenvalue weighted by atomic mass is 32.2. The third kappa shape index (κ3) is 4.83. The zero-order valence-corrected chi connectivity index (χ0v) is 18.4. The molecule has 1 N–H and O–H groups in total. The SMILES string of the molecule is CCCCCOc1ccc(-c2ccc([C@@]3(CC(=O)O)CCCCS3(=O)=O)s2)cc1. The minimum atomic E-state index is -3.51. The second kappa shape index (κ2) is 9.30. The molecule has 0 bridgehead atoms. The molecule has 158 valence electrons. The molecule has 0 amide bonds. The zero-order valence-electron chi connectivity index (χ0n) is 16.7. The Morgan fingerprint density at radius 1 is 1.14 bits per heavy atom. The van der Waals surface area contributed by atoms with Crippen LogP contribution in [0, 0.1) is 0 Å². The van der Waals surface area contributed by atoms with Crippen LogP contribution in [-0.4, -0.2) is 31.9 Å². The summed E-state index contributed by atoms with van der Waals surface area (Å²) in [4.78, 5) is 13.1. The van der Waals surface area contributed by atoms with E-state index in [9.17, 15) is 18.3 Å². The first-order valence-corrected chi connectivity index (χ1v) is 12.6. The largest absolute Gasteiger partial charge is 0.494 e. The van der Waals surface area contributed by atoms with E-state index in [1.165, 1.54) is 11.3 Å². The second-order valence-electron chi connectivity index (χ2n) is 7.58. The number of hydrogen-bond donors (Lipinski definition) is 1. The van der Waals surface area contributed by atoms with Crippen molar-refractivity contribution < 1.29 is 23.1 Å². The van der Waals surface area contributed by atoms with Crippen LogP contribution in [0.4, 0.5) is 0 Å². The summed E-state index contributed by atoms with van der Waals surface area (Å²) in [7, 11) is -3.51. The minimum absolute atomic E-state index is 0.0532. The van der Waals surface area contributed by atoms with E-state index in [1.54, 1.807) is 6.07 Å². The van der Waals surface area contributed by atoms with Crippen LogP contribution in [0.2, 0.25) is 0 Å². The van der Waals surface area contributed by atoms with Crippen molar-refractivity contribution in [2.45, 2.75) is 56.6 Å². The second-order valence-corrected chi connectivity index (χ2v) is 11.1. The monoisotopic (exact) mass is 436 g/mol. The number of carboxylic acid groups (broad SMARTS) is 1. The molecule has 0 unspecified atom stereocenters.